The van der Waals surface area contributed by atoms with Crippen LogP contribution in [0.4, 0.5) is 5.69 Å². The van der Waals surface area contributed by atoms with Crippen molar-refractivity contribution >= 4 is 21.6 Å². The van der Waals surface area contributed by atoms with Crippen molar-refractivity contribution in [2.24, 2.45) is 7.05 Å². The number of aryl methyl sites for hydroxylation is 1. The normalized spacial score (nSPS) is 10.6. The van der Waals surface area contributed by atoms with E-state index in [1.807, 2.05) is 18.2 Å². The summed E-state index contributed by atoms with van der Waals surface area (Å²) in [5.41, 5.74) is 7.22. The van der Waals surface area contributed by atoms with Crippen molar-refractivity contribution in [3.8, 4) is 0 Å². The Bertz CT molecular complexity index is 572. The van der Waals surface area contributed by atoms with Crippen LogP contribution in [0.3, 0.4) is 0 Å². The van der Waals surface area contributed by atoms with Gasteiger partial charge in [0.1, 0.15) is 6.33 Å². The second-order valence-corrected chi connectivity index (χ2v) is 4.39. The molecule has 0 aliphatic carbocycles. The Morgan fingerprint density at radius 3 is 2.81 bits per heavy atom. The molecule has 2 rings (SSSR count). The number of hydrogen-bond donors (Lipinski definition) is 1. The number of nitrogens with two attached hydrogens (primary N) is 1. The summed E-state index contributed by atoms with van der Waals surface area (Å²) in [5.74, 6) is 0. The van der Waals surface area contributed by atoms with Crippen molar-refractivity contribution in [1.82, 2.24) is 14.3 Å². The molecule has 6 heteroatoms. The lowest BCUT2D eigenvalue weighted by atomic mass is 10.2. The van der Waals surface area contributed by atoms with Crippen molar-refractivity contribution in [3.05, 3.63) is 45.0 Å². The Balaban J connectivity index is 2.31. The second kappa shape index (κ2) is 4.13. The van der Waals surface area contributed by atoms with E-state index < -0.39 is 0 Å². The Morgan fingerprint density at radius 2 is 2.25 bits per heavy atom. The monoisotopic (exact) mass is 282 g/mol. The zero-order valence-electron chi connectivity index (χ0n) is 8.72. The predicted octanol–water partition coefficient (Wildman–Crippen LogP) is 0.975. The predicted molar refractivity (Wildman–Crippen MR) is 65.1 cm³/mol. The molecule has 16 heavy (non-hydrogen) atoms. The van der Waals surface area contributed by atoms with Crippen molar-refractivity contribution in [3.63, 3.8) is 0 Å². The third-order valence-electron chi connectivity index (χ3n) is 2.28. The maximum Gasteiger partial charge on any atom is 0.345 e. The number of aromatic nitrogens is 3. The molecule has 0 saturated heterocycles. The molecule has 0 aliphatic rings. The molecular formula is C10H11BrN4O. The SMILES string of the molecule is Cn1cnn(Cc2ccc(Br)c(N)c2)c1=O. The molecule has 1 aromatic heterocycles. The van der Waals surface area contributed by atoms with Crippen LogP contribution in [-0.2, 0) is 13.6 Å². The Kier molecular flexibility index (Phi) is 2.82. The smallest absolute Gasteiger partial charge is 0.345 e. The summed E-state index contributed by atoms with van der Waals surface area (Å²) in [7, 11) is 1.67. The van der Waals surface area contributed by atoms with Gasteiger partial charge in [-0.15, -0.1) is 0 Å². The highest BCUT2D eigenvalue weighted by molar-refractivity contribution is 9.10. The van der Waals surface area contributed by atoms with Crippen molar-refractivity contribution in [2.45, 2.75) is 6.54 Å². The molecule has 0 bridgehead atoms. The highest BCUT2D eigenvalue weighted by atomic mass is 79.9. The van der Waals surface area contributed by atoms with Crippen LogP contribution >= 0.6 is 15.9 Å². The molecule has 0 spiro atoms. The maximum absolute atomic E-state index is 11.5. The lowest BCUT2D eigenvalue weighted by Gasteiger charge is -2.03. The first-order valence-electron chi connectivity index (χ1n) is 4.70. The van der Waals surface area contributed by atoms with Crippen molar-refractivity contribution in [2.75, 3.05) is 5.73 Å². The fourth-order valence-corrected chi connectivity index (χ4v) is 1.64. The van der Waals surface area contributed by atoms with E-state index >= 15 is 0 Å². The number of nitrogens with zero attached hydrogens (tertiary/aromatic N) is 3. The molecule has 5 nitrogen and oxygen atoms in total. The highest BCUT2D eigenvalue weighted by Gasteiger charge is 2.04. The molecule has 0 unspecified atom stereocenters. The largest absolute Gasteiger partial charge is 0.398 e. The number of nitrogen functional groups attached to an aromatic ring is 1. The first-order chi connectivity index (χ1) is 7.58. The molecule has 0 saturated carbocycles. The number of anilines is 1. The zero-order chi connectivity index (χ0) is 11.7. The summed E-state index contributed by atoms with van der Waals surface area (Å²) in [6.45, 7) is 0.428. The van der Waals surface area contributed by atoms with E-state index in [9.17, 15) is 4.79 Å². The molecule has 84 valence electrons. The minimum atomic E-state index is -0.138. The summed E-state index contributed by atoms with van der Waals surface area (Å²) in [4.78, 5) is 11.5. The summed E-state index contributed by atoms with van der Waals surface area (Å²) in [6.07, 6.45) is 1.49. The quantitative estimate of drug-likeness (QED) is 0.835. The van der Waals surface area contributed by atoms with Gasteiger partial charge >= 0.3 is 5.69 Å². The number of hydrogen-bond acceptors (Lipinski definition) is 3. The third-order valence-corrected chi connectivity index (χ3v) is 3.00. The van der Waals surface area contributed by atoms with Crippen LogP contribution in [0.25, 0.3) is 0 Å². The van der Waals surface area contributed by atoms with E-state index in [1.165, 1.54) is 15.6 Å². The van der Waals surface area contributed by atoms with Gasteiger partial charge in [-0.3, -0.25) is 4.57 Å². The number of benzene rings is 1. The second-order valence-electron chi connectivity index (χ2n) is 3.54. The van der Waals surface area contributed by atoms with Gasteiger partial charge in [0, 0.05) is 17.2 Å². The summed E-state index contributed by atoms with van der Waals surface area (Å²) in [5, 5.41) is 3.98. The van der Waals surface area contributed by atoms with E-state index in [0.717, 1.165) is 10.0 Å². The van der Waals surface area contributed by atoms with Gasteiger partial charge in [0.15, 0.2) is 0 Å². The lowest BCUT2D eigenvalue weighted by Crippen LogP contribution is -2.23. The molecule has 1 aromatic carbocycles. The Morgan fingerprint density at radius 1 is 1.50 bits per heavy atom. The molecule has 2 aromatic rings. The van der Waals surface area contributed by atoms with Gasteiger partial charge < -0.3 is 5.73 Å². The van der Waals surface area contributed by atoms with Crippen molar-refractivity contribution in [1.29, 1.82) is 0 Å². The number of halogens is 1. The molecule has 0 radical (unpaired) electrons. The van der Waals surface area contributed by atoms with E-state index in [4.69, 9.17) is 5.73 Å². The van der Waals surface area contributed by atoms with Crippen LogP contribution in [0.5, 0.6) is 0 Å². The van der Waals surface area contributed by atoms with Gasteiger partial charge in [0.2, 0.25) is 0 Å². The van der Waals surface area contributed by atoms with Crippen LogP contribution in [0.2, 0.25) is 0 Å². The third kappa shape index (κ3) is 2.01. The highest BCUT2D eigenvalue weighted by Crippen LogP contribution is 2.20. The van der Waals surface area contributed by atoms with Crippen LogP contribution in [0, 0.1) is 0 Å². The first kappa shape index (κ1) is 10.9. The Labute approximate surface area is 101 Å². The van der Waals surface area contributed by atoms with E-state index in [-0.39, 0.29) is 5.69 Å². The standard InChI is InChI=1S/C10H11BrN4O/c1-14-6-13-15(10(14)16)5-7-2-3-8(11)9(12)4-7/h2-4,6H,5,12H2,1H3. The van der Waals surface area contributed by atoms with Crippen LogP contribution in [0.1, 0.15) is 5.56 Å². The van der Waals surface area contributed by atoms with E-state index in [0.29, 0.717) is 12.2 Å². The van der Waals surface area contributed by atoms with Gasteiger partial charge in [-0.1, -0.05) is 6.07 Å². The van der Waals surface area contributed by atoms with E-state index in [2.05, 4.69) is 21.0 Å². The van der Waals surface area contributed by atoms with Gasteiger partial charge in [0.05, 0.1) is 6.54 Å². The molecule has 0 amide bonds. The molecule has 0 fully saturated rings. The first-order valence-corrected chi connectivity index (χ1v) is 5.49. The van der Waals surface area contributed by atoms with E-state index in [1.54, 1.807) is 7.05 Å². The summed E-state index contributed by atoms with van der Waals surface area (Å²) < 4.78 is 3.68. The van der Waals surface area contributed by atoms with Gasteiger partial charge in [-0.2, -0.15) is 5.10 Å². The van der Waals surface area contributed by atoms with Gasteiger partial charge in [0.25, 0.3) is 0 Å². The molecule has 1 heterocycles. The van der Waals surface area contributed by atoms with Gasteiger partial charge in [-0.25, -0.2) is 9.48 Å². The average molecular weight is 283 g/mol. The Hall–Kier alpha value is -1.56. The lowest BCUT2D eigenvalue weighted by molar-refractivity contribution is 0.647. The molecule has 0 aliphatic heterocycles. The maximum atomic E-state index is 11.5. The van der Waals surface area contributed by atoms with Crippen molar-refractivity contribution < 1.29 is 0 Å². The topological polar surface area (TPSA) is 65.8 Å². The summed E-state index contributed by atoms with van der Waals surface area (Å²) in [6, 6.07) is 5.59. The van der Waals surface area contributed by atoms with Crippen LogP contribution < -0.4 is 11.4 Å². The molecule has 2 N–H and O–H groups in total. The minimum Gasteiger partial charge on any atom is -0.398 e. The number of rotatable bonds is 2. The molecule has 0 atom stereocenters. The van der Waals surface area contributed by atoms with Gasteiger partial charge in [-0.05, 0) is 33.6 Å². The van der Waals surface area contributed by atoms with Crippen LogP contribution in [-0.4, -0.2) is 14.3 Å². The fourth-order valence-electron chi connectivity index (χ4n) is 1.39. The fraction of sp³-hybridized carbons (Fsp3) is 0.200. The zero-order valence-corrected chi connectivity index (χ0v) is 10.3. The minimum absolute atomic E-state index is 0.138. The average Bonchev–Trinajstić information content (AvgIpc) is 2.55. The van der Waals surface area contributed by atoms with Crippen LogP contribution in [0.15, 0.2) is 33.8 Å². The molecular weight excluding hydrogens is 272 g/mol. The summed E-state index contributed by atoms with van der Waals surface area (Å²) >= 11 is 3.32.